The summed E-state index contributed by atoms with van der Waals surface area (Å²) in [5, 5.41) is 9.31. The number of carboxylic acid groups (broad SMARTS) is 1. The molecule has 5 nitrogen and oxygen atoms in total. The van der Waals surface area contributed by atoms with Gasteiger partial charge in [0.05, 0.1) is 12.5 Å². The fraction of sp³-hybridized carbons (Fsp3) is 0.538. The van der Waals surface area contributed by atoms with Crippen molar-refractivity contribution < 1.29 is 14.6 Å². The fourth-order valence-corrected chi connectivity index (χ4v) is 2.49. The third kappa shape index (κ3) is 4.05. The van der Waals surface area contributed by atoms with Crippen LogP contribution in [0.1, 0.15) is 11.5 Å². The Morgan fingerprint density at radius 3 is 2.74 bits per heavy atom. The van der Waals surface area contributed by atoms with Gasteiger partial charge in [0.15, 0.2) is 0 Å². The maximum absolute atomic E-state index is 11.3. The molecule has 2 atom stereocenters. The molecular formula is C13H19LiN2O3. The molecule has 6 heteroatoms. The molecule has 1 aliphatic rings. The van der Waals surface area contributed by atoms with Crippen LogP contribution in [0.25, 0.3) is 0 Å². The number of hydrogen-bond donors (Lipinski definition) is 1. The maximum atomic E-state index is 11.3. The molecule has 0 spiro atoms. The second-order valence-electron chi connectivity index (χ2n) is 4.58. The Morgan fingerprint density at radius 2 is 2.16 bits per heavy atom. The Labute approximate surface area is 125 Å². The third-order valence-corrected chi connectivity index (χ3v) is 3.46. The molecule has 0 aliphatic carbocycles. The average Bonchev–Trinajstić information content (AvgIpc) is 2.82. The second-order valence-corrected chi connectivity index (χ2v) is 4.58. The molecule has 0 saturated carbocycles. The van der Waals surface area contributed by atoms with E-state index in [0.29, 0.717) is 13.2 Å². The van der Waals surface area contributed by atoms with Gasteiger partial charge in [0, 0.05) is 45.1 Å². The standard InChI is InChI=1S/C13H18N2O3.Li.H/c1-18-7-6-15-8-11(12(9-15)13(16)17)10-2-4-14-5-3-10;;/h2-5,11-12H,6-9H2,1H3,(H,16,17);;. The molecule has 1 fully saturated rings. The molecule has 0 amide bonds. The number of rotatable bonds is 5. The minimum atomic E-state index is -0.725. The summed E-state index contributed by atoms with van der Waals surface area (Å²) >= 11 is 0. The van der Waals surface area contributed by atoms with Crippen LogP contribution in [0.15, 0.2) is 24.5 Å². The molecule has 19 heavy (non-hydrogen) atoms. The third-order valence-electron chi connectivity index (χ3n) is 3.46. The van der Waals surface area contributed by atoms with Crippen LogP contribution in [-0.2, 0) is 9.53 Å². The van der Waals surface area contributed by atoms with Crippen LogP contribution in [-0.4, -0.2) is 73.2 Å². The first kappa shape index (κ1) is 16.2. The van der Waals surface area contributed by atoms with E-state index in [0.717, 1.165) is 18.7 Å². The van der Waals surface area contributed by atoms with Crippen LogP contribution in [0.3, 0.4) is 0 Å². The van der Waals surface area contributed by atoms with Crippen LogP contribution in [0.4, 0.5) is 0 Å². The second kappa shape index (κ2) is 7.66. The minimum absolute atomic E-state index is 0. The van der Waals surface area contributed by atoms with Gasteiger partial charge in [0.25, 0.3) is 0 Å². The molecule has 1 saturated heterocycles. The van der Waals surface area contributed by atoms with Crippen LogP contribution in [0, 0.1) is 5.92 Å². The summed E-state index contributed by atoms with van der Waals surface area (Å²) in [5.74, 6) is -1.02. The Kier molecular flexibility index (Phi) is 6.53. The Morgan fingerprint density at radius 1 is 1.47 bits per heavy atom. The molecule has 1 N–H and O–H groups in total. The number of carboxylic acids is 1. The number of nitrogens with zero attached hydrogens (tertiary/aromatic N) is 2. The molecule has 0 bridgehead atoms. The molecular weight excluding hydrogens is 239 g/mol. The summed E-state index contributed by atoms with van der Waals surface area (Å²) in [6.45, 7) is 2.77. The first-order valence-corrected chi connectivity index (χ1v) is 6.06. The Hall–Kier alpha value is -0.863. The number of ether oxygens (including phenoxy) is 1. The van der Waals surface area contributed by atoms with Gasteiger partial charge in [-0.3, -0.25) is 14.7 Å². The van der Waals surface area contributed by atoms with E-state index in [1.54, 1.807) is 19.5 Å². The molecule has 2 heterocycles. The van der Waals surface area contributed by atoms with E-state index in [4.69, 9.17) is 4.74 Å². The summed E-state index contributed by atoms with van der Waals surface area (Å²) in [7, 11) is 1.66. The van der Waals surface area contributed by atoms with Gasteiger partial charge in [-0.1, -0.05) is 0 Å². The van der Waals surface area contributed by atoms with Gasteiger partial charge in [0.1, 0.15) is 0 Å². The number of hydrogen-bond acceptors (Lipinski definition) is 4. The molecule has 2 unspecified atom stereocenters. The number of pyridine rings is 1. The van der Waals surface area contributed by atoms with Crippen molar-refractivity contribution >= 4 is 24.8 Å². The topological polar surface area (TPSA) is 62.7 Å². The summed E-state index contributed by atoms with van der Waals surface area (Å²) < 4.78 is 5.04. The number of likely N-dealkylation sites (tertiary alicyclic amines) is 1. The number of aromatic nitrogens is 1. The molecule has 1 aliphatic heterocycles. The molecule has 0 aromatic carbocycles. The van der Waals surface area contributed by atoms with Crippen LogP contribution in [0.2, 0.25) is 0 Å². The van der Waals surface area contributed by atoms with Crippen molar-refractivity contribution in [3.05, 3.63) is 30.1 Å². The van der Waals surface area contributed by atoms with E-state index in [-0.39, 0.29) is 30.7 Å². The van der Waals surface area contributed by atoms with E-state index < -0.39 is 5.97 Å². The molecule has 1 aromatic rings. The quantitative estimate of drug-likeness (QED) is 0.763. The van der Waals surface area contributed by atoms with Crippen molar-refractivity contribution in [1.29, 1.82) is 0 Å². The van der Waals surface area contributed by atoms with Crippen LogP contribution < -0.4 is 0 Å². The number of carbonyl (C=O) groups is 1. The van der Waals surface area contributed by atoms with E-state index >= 15 is 0 Å². The Balaban J connectivity index is 0.00000180. The van der Waals surface area contributed by atoms with Crippen LogP contribution >= 0.6 is 0 Å². The van der Waals surface area contributed by atoms with E-state index in [1.807, 2.05) is 12.1 Å². The van der Waals surface area contributed by atoms with E-state index in [9.17, 15) is 9.90 Å². The van der Waals surface area contributed by atoms with Gasteiger partial charge in [0.2, 0.25) is 0 Å². The summed E-state index contributed by atoms with van der Waals surface area (Å²) in [4.78, 5) is 17.5. The number of aliphatic carboxylic acids is 1. The van der Waals surface area contributed by atoms with Crippen molar-refractivity contribution in [2.24, 2.45) is 5.92 Å². The summed E-state index contributed by atoms with van der Waals surface area (Å²) in [5.41, 5.74) is 1.05. The van der Waals surface area contributed by atoms with Gasteiger partial charge in [-0.15, -0.1) is 0 Å². The monoisotopic (exact) mass is 258 g/mol. The molecule has 1 aromatic heterocycles. The van der Waals surface area contributed by atoms with Crippen molar-refractivity contribution in [3.63, 3.8) is 0 Å². The van der Waals surface area contributed by atoms with Gasteiger partial charge in [-0.05, 0) is 17.7 Å². The normalized spacial score (nSPS) is 23.0. The SMILES string of the molecule is COCCN1CC(C(=O)O)C(c2ccncc2)C1.[LiH]. The van der Waals surface area contributed by atoms with Gasteiger partial charge < -0.3 is 9.84 Å². The van der Waals surface area contributed by atoms with Gasteiger partial charge >= 0.3 is 24.8 Å². The zero-order chi connectivity index (χ0) is 13.0. The predicted octanol–water partition coefficient (Wildman–Crippen LogP) is 0.179. The molecule has 2 rings (SSSR count). The van der Waals surface area contributed by atoms with Crippen LogP contribution in [0.5, 0.6) is 0 Å². The summed E-state index contributed by atoms with van der Waals surface area (Å²) in [6, 6.07) is 3.81. The summed E-state index contributed by atoms with van der Waals surface area (Å²) in [6.07, 6.45) is 3.43. The van der Waals surface area contributed by atoms with Gasteiger partial charge in [-0.25, -0.2) is 0 Å². The van der Waals surface area contributed by atoms with E-state index in [2.05, 4.69) is 9.88 Å². The first-order chi connectivity index (χ1) is 8.72. The zero-order valence-electron chi connectivity index (χ0n) is 10.5. The van der Waals surface area contributed by atoms with Crippen molar-refractivity contribution in [2.45, 2.75) is 5.92 Å². The fourth-order valence-electron chi connectivity index (χ4n) is 2.49. The van der Waals surface area contributed by atoms with Crippen molar-refractivity contribution in [2.75, 3.05) is 33.4 Å². The molecule has 0 radical (unpaired) electrons. The van der Waals surface area contributed by atoms with Crippen molar-refractivity contribution in [1.82, 2.24) is 9.88 Å². The van der Waals surface area contributed by atoms with Gasteiger partial charge in [-0.2, -0.15) is 0 Å². The predicted molar refractivity (Wildman–Crippen MR) is 73.6 cm³/mol. The van der Waals surface area contributed by atoms with E-state index in [1.165, 1.54) is 0 Å². The first-order valence-electron chi connectivity index (χ1n) is 6.06. The zero-order valence-corrected chi connectivity index (χ0v) is 10.5. The average molecular weight is 258 g/mol. The van der Waals surface area contributed by atoms with Crippen molar-refractivity contribution in [3.8, 4) is 0 Å². The Bertz CT molecular complexity index is 402. The number of methoxy groups -OCH3 is 1. The molecule has 100 valence electrons.